The first kappa shape index (κ1) is 17.7. The highest BCUT2D eigenvalue weighted by atomic mass is 16.4. The summed E-state index contributed by atoms with van der Waals surface area (Å²) < 4.78 is 0. The van der Waals surface area contributed by atoms with Crippen LogP contribution in [0.5, 0.6) is 0 Å². The number of hydrogen-bond acceptors (Lipinski definition) is 4. The molecule has 1 saturated heterocycles. The van der Waals surface area contributed by atoms with E-state index in [0.29, 0.717) is 12.2 Å². The van der Waals surface area contributed by atoms with Crippen LogP contribution in [0.1, 0.15) is 27.9 Å². The predicted molar refractivity (Wildman–Crippen MR) is 95.8 cm³/mol. The molecule has 0 aromatic heterocycles. The largest absolute Gasteiger partial charge is 0.545 e. The number of aryl methyl sites for hydroxylation is 2. The molecular formula is C20H19N2O4-. The Bertz CT molecular complexity index is 891. The summed E-state index contributed by atoms with van der Waals surface area (Å²) in [6.45, 7) is 4.19. The highest BCUT2D eigenvalue weighted by molar-refractivity contribution is 6.04. The molecule has 1 N–H and O–H groups in total. The third kappa shape index (κ3) is 3.59. The first-order valence-electron chi connectivity index (χ1n) is 8.35. The van der Waals surface area contributed by atoms with Gasteiger partial charge < -0.3 is 20.1 Å². The average molecular weight is 351 g/mol. The van der Waals surface area contributed by atoms with Crippen molar-refractivity contribution in [2.75, 3.05) is 16.8 Å². The Morgan fingerprint density at radius 1 is 1.15 bits per heavy atom. The summed E-state index contributed by atoms with van der Waals surface area (Å²) in [6, 6.07) is 11.7. The first-order chi connectivity index (χ1) is 12.3. The fourth-order valence-corrected chi connectivity index (χ4v) is 3.09. The quantitative estimate of drug-likeness (QED) is 0.907. The average Bonchev–Trinajstić information content (AvgIpc) is 2.99. The maximum Gasteiger partial charge on any atom is 0.229 e. The molecule has 0 aliphatic carbocycles. The third-order valence-corrected chi connectivity index (χ3v) is 4.52. The van der Waals surface area contributed by atoms with Crippen LogP contribution in [0.15, 0.2) is 42.5 Å². The number of carbonyl (C=O) groups excluding carboxylic acids is 3. The van der Waals surface area contributed by atoms with Gasteiger partial charge in [-0.15, -0.1) is 0 Å². The number of nitrogens with one attached hydrogen (secondary N) is 1. The second kappa shape index (κ2) is 7.00. The summed E-state index contributed by atoms with van der Waals surface area (Å²) in [5, 5.41) is 13.6. The lowest BCUT2D eigenvalue weighted by molar-refractivity contribution is -0.255. The summed E-state index contributed by atoms with van der Waals surface area (Å²) in [5.41, 5.74) is 3.21. The first-order valence-corrected chi connectivity index (χ1v) is 8.35. The van der Waals surface area contributed by atoms with Crippen LogP contribution in [-0.4, -0.2) is 24.3 Å². The van der Waals surface area contributed by atoms with E-state index in [1.54, 1.807) is 11.0 Å². The number of anilines is 2. The van der Waals surface area contributed by atoms with Crippen molar-refractivity contribution >= 4 is 29.2 Å². The number of carbonyl (C=O) groups is 3. The second-order valence-electron chi connectivity index (χ2n) is 6.55. The number of benzene rings is 2. The van der Waals surface area contributed by atoms with E-state index in [1.807, 2.05) is 32.0 Å². The number of aromatic carboxylic acids is 1. The van der Waals surface area contributed by atoms with Gasteiger partial charge in [0, 0.05) is 24.3 Å². The third-order valence-electron chi connectivity index (χ3n) is 4.52. The second-order valence-corrected chi connectivity index (χ2v) is 6.55. The van der Waals surface area contributed by atoms with E-state index in [1.165, 1.54) is 18.2 Å². The molecule has 1 aliphatic rings. The molecular weight excluding hydrogens is 332 g/mol. The van der Waals surface area contributed by atoms with E-state index in [2.05, 4.69) is 5.32 Å². The lowest BCUT2D eigenvalue weighted by atomic mass is 10.1. The molecule has 1 fully saturated rings. The monoisotopic (exact) mass is 351 g/mol. The Labute approximate surface area is 151 Å². The molecule has 0 bridgehead atoms. The summed E-state index contributed by atoms with van der Waals surface area (Å²) >= 11 is 0. The summed E-state index contributed by atoms with van der Waals surface area (Å²) in [7, 11) is 0. The number of carboxylic acid groups (broad SMARTS) is 1. The lowest BCUT2D eigenvalue weighted by Crippen LogP contribution is -2.28. The van der Waals surface area contributed by atoms with Gasteiger partial charge in [0.15, 0.2) is 0 Å². The van der Waals surface area contributed by atoms with Crippen molar-refractivity contribution < 1.29 is 19.5 Å². The highest BCUT2D eigenvalue weighted by Crippen LogP contribution is 2.29. The number of carboxylic acids is 1. The topological polar surface area (TPSA) is 89.5 Å². The Morgan fingerprint density at radius 3 is 2.65 bits per heavy atom. The standard InChI is InChI=1S/C20H20N2O4/c1-12-6-7-13(2)17(8-12)22-11-15(10-18(22)23)19(24)21-16-5-3-4-14(9-16)20(25)26/h3-9,15H,10-11H2,1-2H3,(H,21,24)(H,25,26)/p-1/t15-/m0/s1. The minimum atomic E-state index is -1.31. The van der Waals surface area contributed by atoms with Crippen LogP contribution in [0.3, 0.4) is 0 Å². The Hall–Kier alpha value is -3.15. The molecule has 6 nitrogen and oxygen atoms in total. The van der Waals surface area contributed by atoms with Crippen LogP contribution < -0.4 is 15.3 Å². The molecule has 3 rings (SSSR count). The summed E-state index contributed by atoms with van der Waals surface area (Å²) in [6.07, 6.45) is 0.124. The van der Waals surface area contributed by atoms with Crippen LogP contribution in [0, 0.1) is 19.8 Å². The van der Waals surface area contributed by atoms with Gasteiger partial charge in [0.25, 0.3) is 0 Å². The van der Waals surface area contributed by atoms with Crippen molar-refractivity contribution in [1.29, 1.82) is 0 Å². The maximum atomic E-state index is 12.5. The normalized spacial score (nSPS) is 16.6. The van der Waals surface area contributed by atoms with Crippen molar-refractivity contribution in [1.82, 2.24) is 0 Å². The van der Waals surface area contributed by atoms with Crippen molar-refractivity contribution in [3.63, 3.8) is 0 Å². The van der Waals surface area contributed by atoms with Gasteiger partial charge in [-0.05, 0) is 48.7 Å². The molecule has 2 aromatic rings. The zero-order chi connectivity index (χ0) is 18.8. The molecule has 0 saturated carbocycles. The van der Waals surface area contributed by atoms with Crippen LogP contribution in [0.2, 0.25) is 0 Å². The van der Waals surface area contributed by atoms with E-state index in [4.69, 9.17) is 0 Å². The molecule has 0 radical (unpaired) electrons. The number of amides is 2. The van der Waals surface area contributed by atoms with Crippen LogP contribution in [0.25, 0.3) is 0 Å². The molecule has 1 aliphatic heterocycles. The highest BCUT2D eigenvalue weighted by Gasteiger charge is 2.35. The number of rotatable bonds is 4. The van der Waals surface area contributed by atoms with Gasteiger partial charge in [0.1, 0.15) is 0 Å². The predicted octanol–water partition coefficient (Wildman–Crippen LogP) is 1.66. The van der Waals surface area contributed by atoms with Gasteiger partial charge in [0.2, 0.25) is 11.8 Å². The fourth-order valence-electron chi connectivity index (χ4n) is 3.09. The Morgan fingerprint density at radius 2 is 1.92 bits per heavy atom. The van der Waals surface area contributed by atoms with E-state index >= 15 is 0 Å². The lowest BCUT2D eigenvalue weighted by Gasteiger charge is -2.19. The van der Waals surface area contributed by atoms with Gasteiger partial charge in [-0.3, -0.25) is 9.59 Å². The van der Waals surface area contributed by atoms with Gasteiger partial charge in [0.05, 0.1) is 11.9 Å². The molecule has 0 unspecified atom stereocenters. The molecule has 0 spiro atoms. The smallest absolute Gasteiger partial charge is 0.229 e. The minimum absolute atomic E-state index is 0.0117. The van der Waals surface area contributed by atoms with Crippen molar-refractivity contribution in [2.24, 2.45) is 5.92 Å². The van der Waals surface area contributed by atoms with E-state index in [9.17, 15) is 19.5 Å². The molecule has 6 heteroatoms. The molecule has 134 valence electrons. The fraction of sp³-hybridized carbons (Fsp3) is 0.250. The zero-order valence-corrected chi connectivity index (χ0v) is 14.6. The van der Waals surface area contributed by atoms with Crippen LogP contribution >= 0.6 is 0 Å². The van der Waals surface area contributed by atoms with Gasteiger partial charge in [-0.1, -0.05) is 24.3 Å². The number of nitrogens with zero attached hydrogens (tertiary/aromatic N) is 1. The Kier molecular flexibility index (Phi) is 4.75. The summed E-state index contributed by atoms with van der Waals surface area (Å²) in [4.78, 5) is 37.5. The zero-order valence-electron chi connectivity index (χ0n) is 14.6. The van der Waals surface area contributed by atoms with Gasteiger partial charge in [-0.2, -0.15) is 0 Å². The van der Waals surface area contributed by atoms with Crippen LogP contribution in [0.4, 0.5) is 11.4 Å². The Balaban J connectivity index is 1.74. The van der Waals surface area contributed by atoms with Crippen molar-refractivity contribution in [2.45, 2.75) is 20.3 Å². The molecule has 2 amide bonds. The van der Waals surface area contributed by atoms with Gasteiger partial charge >= 0.3 is 0 Å². The minimum Gasteiger partial charge on any atom is -0.545 e. The van der Waals surface area contributed by atoms with E-state index in [-0.39, 0.29) is 23.8 Å². The SMILES string of the molecule is Cc1ccc(C)c(N2C[C@@H](C(=O)Nc3cccc(C(=O)[O-])c3)CC2=O)c1. The molecule has 1 atom stereocenters. The molecule has 1 heterocycles. The summed E-state index contributed by atoms with van der Waals surface area (Å²) in [5.74, 6) is -2.20. The molecule has 26 heavy (non-hydrogen) atoms. The maximum absolute atomic E-state index is 12.5. The van der Waals surface area contributed by atoms with E-state index in [0.717, 1.165) is 16.8 Å². The van der Waals surface area contributed by atoms with Crippen LogP contribution in [-0.2, 0) is 9.59 Å². The number of hydrogen-bond donors (Lipinski definition) is 1. The van der Waals surface area contributed by atoms with Gasteiger partial charge in [-0.25, -0.2) is 0 Å². The van der Waals surface area contributed by atoms with Crippen molar-refractivity contribution in [3.05, 3.63) is 59.2 Å². The van der Waals surface area contributed by atoms with E-state index < -0.39 is 11.9 Å². The van der Waals surface area contributed by atoms with Crippen molar-refractivity contribution in [3.8, 4) is 0 Å². The molecule has 2 aromatic carbocycles.